The Balaban J connectivity index is 2.09. The van der Waals surface area contributed by atoms with Gasteiger partial charge in [-0.1, -0.05) is 6.07 Å². The Morgan fingerprint density at radius 2 is 2.35 bits per heavy atom. The van der Waals surface area contributed by atoms with Gasteiger partial charge in [0, 0.05) is 26.3 Å². The predicted octanol–water partition coefficient (Wildman–Crippen LogP) is 0.947. The lowest BCUT2D eigenvalue weighted by atomic mass is 10.3. The molecule has 0 bridgehead atoms. The number of hydrogen-bond acceptors (Lipinski definition) is 4. The second kappa shape index (κ2) is 3.92. The highest BCUT2D eigenvalue weighted by molar-refractivity contribution is 5.83. The molecule has 1 atom stereocenters. The van der Waals surface area contributed by atoms with E-state index in [1.54, 1.807) is 0 Å². The van der Waals surface area contributed by atoms with Crippen molar-refractivity contribution in [3.05, 3.63) is 24.4 Å². The number of aromatic nitrogens is 2. The highest BCUT2D eigenvalue weighted by Gasteiger charge is 2.25. The number of hydrogen-bond donors (Lipinski definition) is 2. The van der Waals surface area contributed by atoms with Crippen LogP contribution in [0.4, 0.5) is 11.5 Å². The minimum atomic E-state index is -0.232. The second-order valence-electron chi connectivity index (χ2n) is 4.37. The number of anilines is 2. The van der Waals surface area contributed by atoms with Gasteiger partial charge >= 0.3 is 0 Å². The lowest BCUT2D eigenvalue weighted by Crippen LogP contribution is -2.22. The van der Waals surface area contributed by atoms with E-state index in [0.717, 1.165) is 30.0 Å². The first kappa shape index (κ1) is 10.4. The van der Waals surface area contributed by atoms with Crippen molar-refractivity contribution in [2.24, 2.45) is 0 Å². The van der Waals surface area contributed by atoms with Gasteiger partial charge in [-0.05, 0) is 18.6 Å². The third-order valence-electron chi connectivity index (χ3n) is 3.23. The highest BCUT2D eigenvalue weighted by atomic mass is 16.3. The molecule has 5 heteroatoms. The van der Waals surface area contributed by atoms with Crippen molar-refractivity contribution >= 4 is 17.0 Å². The summed E-state index contributed by atoms with van der Waals surface area (Å²) >= 11 is 0. The summed E-state index contributed by atoms with van der Waals surface area (Å²) in [5, 5.41) is 17.4. The molecule has 0 amide bonds. The molecule has 0 saturated carbocycles. The topological polar surface area (TPSA) is 52.8 Å². The van der Waals surface area contributed by atoms with Gasteiger partial charge in [0.05, 0.1) is 11.6 Å². The van der Waals surface area contributed by atoms with Crippen molar-refractivity contribution in [2.45, 2.75) is 12.5 Å². The molecule has 1 aliphatic heterocycles. The van der Waals surface area contributed by atoms with Gasteiger partial charge in [0.2, 0.25) is 0 Å². The Bertz CT molecular complexity index is 536. The van der Waals surface area contributed by atoms with E-state index in [0.29, 0.717) is 6.54 Å². The zero-order valence-corrected chi connectivity index (χ0v) is 9.80. The molecular formula is C12H16N4O. The van der Waals surface area contributed by atoms with Crippen molar-refractivity contribution in [2.75, 3.05) is 30.4 Å². The van der Waals surface area contributed by atoms with E-state index in [1.165, 1.54) is 0 Å². The van der Waals surface area contributed by atoms with E-state index in [2.05, 4.69) is 15.3 Å². The van der Waals surface area contributed by atoms with Crippen LogP contribution in [0.3, 0.4) is 0 Å². The maximum Gasteiger partial charge on any atom is 0.175 e. The Labute approximate surface area is 99.7 Å². The third-order valence-corrected chi connectivity index (χ3v) is 3.23. The van der Waals surface area contributed by atoms with Crippen LogP contribution in [0.25, 0.3) is 5.52 Å². The van der Waals surface area contributed by atoms with Gasteiger partial charge in [0.15, 0.2) is 5.82 Å². The minimum Gasteiger partial charge on any atom is -0.391 e. The van der Waals surface area contributed by atoms with E-state index in [4.69, 9.17) is 0 Å². The number of nitrogens with one attached hydrogen (secondary N) is 1. The molecule has 2 aromatic rings. The number of rotatable bonds is 2. The number of fused-ring (bicyclic) bond motifs is 1. The molecule has 2 N–H and O–H groups in total. The standard InChI is InChI=1S/C12H16N4O/c1-13-11-10-4-2-3-6-16(10)14-12(11)15-7-5-9(17)8-15/h2-4,6,9,13,17H,5,7-8H2,1H3. The summed E-state index contributed by atoms with van der Waals surface area (Å²) in [6, 6.07) is 6.00. The van der Waals surface area contributed by atoms with Crippen LogP contribution in [0, 0.1) is 0 Å². The summed E-state index contributed by atoms with van der Waals surface area (Å²) in [6.07, 6.45) is 2.52. The van der Waals surface area contributed by atoms with E-state index in [9.17, 15) is 5.11 Å². The molecule has 0 aliphatic carbocycles. The van der Waals surface area contributed by atoms with Crippen molar-refractivity contribution < 1.29 is 5.11 Å². The lowest BCUT2D eigenvalue weighted by Gasteiger charge is -2.15. The molecule has 3 heterocycles. The van der Waals surface area contributed by atoms with Gasteiger partial charge in [-0.15, -0.1) is 5.10 Å². The maximum atomic E-state index is 9.60. The molecule has 0 spiro atoms. The van der Waals surface area contributed by atoms with Gasteiger partial charge in [-0.2, -0.15) is 0 Å². The van der Waals surface area contributed by atoms with E-state index >= 15 is 0 Å². The predicted molar refractivity (Wildman–Crippen MR) is 67.6 cm³/mol. The largest absolute Gasteiger partial charge is 0.391 e. The lowest BCUT2D eigenvalue weighted by molar-refractivity contribution is 0.198. The number of aliphatic hydroxyl groups is 1. The first-order valence-corrected chi connectivity index (χ1v) is 5.87. The zero-order chi connectivity index (χ0) is 11.8. The summed E-state index contributed by atoms with van der Waals surface area (Å²) in [5.74, 6) is 0.926. The molecule has 17 heavy (non-hydrogen) atoms. The molecule has 3 rings (SSSR count). The molecule has 1 saturated heterocycles. The smallest absolute Gasteiger partial charge is 0.175 e. The second-order valence-corrected chi connectivity index (χ2v) is 4.37. The van der Waals surface area contributed by atoms with Crippen molar-refractivity contribution in [3.8, 4) is 0 Å². The highest BCUT2D eigenvalue weighted by Crippen LogP contribution is 2.31. The Kier molecular flexibility index (Phi) is 2.40. The zero-order valence-electron chi connectivity index (χ0n) is 9.80. The van der Waals surface area contributed by atoms with E-state index in [1.807, 2.05) is 36.0 Å². The summed E-state index contributed by atoms with van der Waals surface area (Å²) in [5.41, 5.74) is 2.09. The fraction of sp³-hybridized carbons (Fsp3) is 0.417. The molecule has 0 aromatic carbocycles. The number of pyridine rings is 1. The number of nitrogens with zero attached hydrogens (tertiary/aromatic N) is 3. The molecular weight excluding hydrogens is 216 g/mol. The number of β-amino-alcohol motifs (C(OH)–C–C–N with tert-alkyl or cyclic N) is 1. The van der Waals surface area contributed by atoms with E-state index < -0.39 is 0 Å². The first-order valence-electron chi connectivity index (χ1n) is 5.87. The van der Waals surface area contributed by atoms with E-state index in [-0.39, 0.29) is 6.10 Å². The molecule has 2 aromatic heterocycles. The van der Waals surface area contributed by atoms with Crippen LogP contribution in [0.15, 0.2) is 24.4 Å². The number of aliphatic hydroxyl groups excluding tert-OH is 1. The maximum absolute atomic E-state index is 9.60. The van der Waals surface area contributed by atoms with Crippen LogP contribution in [-0.4, -0.2) is 41.0 Å². The third kappa shape index (κ3) is 1.63. The molecule has 1 unspecified atom stereocenters. The van der Waals surface area contributed by atoms with Gasteiger partial charge in [0.1, 0.15) is 5.69 Å². The fourth-order valence-electron chi connectivity index (χ4n) is 2.38. The SMILES string of the molecule is CNc1c(N2CCC(O)C2)nn2ccccc12. The van der Waals surface area contributed by atoms with Gasteiger partial charge in [-0.25, -0.2) is 4.52 Å². The van der Waals surface area contributed by atoms with Gasteiger partial charge in [-0.3, -0.25) is 0 Å². The quantitative estimate of drug-likeness (QED) is 0.809. The minimum absolute atomic E-state index is 0.232. The van der Waals surface area contributed by atoms with Gasteiger partial charge < -0.3 is 15.3 Å². The van der Waals surface area contributed by atoms with Crippen LogP contribution in [-0.2, 0) is 0 Å². The Morgan fingerprint density at radius 1 is 1.47 bits per heavy atom. The van der Waals surface area contributed by atoms with Crippen molar-refractivity contribution in [1.82, 2.24) is 9.61 Å². The van der Waals surface area contributed by atoms with Crippen LogP contribution in [0.5, 0.6) is 0 Å². The molecule has 90 valence electrons. The van der Waals surface area contributed by atoms with Crippen molar-refractivity contribution in [3.63, 3.8) is 0 Å². The van der Waals surface area contributed by atoms with Crippen LogP contribution in [0.2, 0.25) is 0 Å². The Hall–Kier alpha value is -1.75. The van der Waals surface area contributed by atoms with Gasteiger partial charge in [0.25, 0.3) is 0 Å². The molecule has 1 fully saturated rings. The van der Waals surface area contributed by atoms with Crippen LogP contribution < -0.4 is 10.2 Å². The van der Waals surface area contributed by atoms with Crippen LogP contribution >= 0.6 is 0 Å². The molecule has 1 aliphatic rings. The monoisotopic (exact) mass is 232 g/mol. The summed E-state index contributed by atoms with van der Waals surface area (Å²) < 4.78 is 1.87. The average molecular weight is 232 g/mol. The average Bonchev–Trinajstić information content (AvgIpc) is 2.91. The molecule has 5 nitrogen and oxygen atoms in total. The Morgan fingerprint density at radius 3 is 3.06 bits per heavy atom. The summed E-state index contributed by atoms with van der Waals surface area (Å²) in [6.45, 7) is 1.53. The summed E-state index contributed by atoms with van der Waals surface area (Å²) in [7, 11) is 1.90. The van der Waals surface area contributed by atoms with Crippen LogP contribution in [0.1, 0.15) is 6.42 Å². The summed E-state index contributed by atoms with van der Waals surface area (Å²) in [4.78, 5) is 2.13. The van der Waals surface area contributed by atoms with Crippen molar-refractivity contribution in [1.29, 1.82) is 0 Å². The first-order chi connectivity index (χ1) is 8.29. The molecule has 0 radical (unpaired) electrons. The normalized spacial score (nSPS) is 20.1. The fourth-order valence-corrected chi connectivity index (χ4v) is 2.38.